The Morgan fingerprint density at radius 1 is 0.658 bits per heavy atom. The Kier molecular flexibility index (Phi) is 11.3. The van der Waals surface area contributed by atoms with Gasteiger partial charge in [-0.2, -0.15) is 0 Å². The van der Waals surface area contributed by atoms with Gasteiger partial charge in [0.25, 0.3) is 11.8 Å². The van der Waals surface area contributed by atoms with E-state index in [1.54, 1.807) is 12.1 Å². The number of halogens is 2. The van der Waals surface area contributed by atoms with Crippen LogP contribution in [0.3, 0.4) is 0 Å². The minimum absolute atomic E-state index is 0.206. The van der Waals surface area contributed by atoms with E-state index in [-0.39, 0.29) is 11.8 Å². The number of carbonyl (C=O) groups excluding carboxylic acids is 2. The fourth-order valence-electron chi connectivity index (χ4n) is 3.07. The molecular weight excluding hydrogens is 754 g/mol. The van der Waals surface area contributed by atoms with Crippen molar-refractivity contribution in [3.63, 3.8) is 0 Å². The number of carbonyl (C=O) groups is 2. The zero-order valence-electron chi connectivity index (χ0n) is 19.9. The highest BCUT2D eigenvalue weighted by Gasteiger charge is 2.14. The van der Waals surface area contributed by atoms with E-state index in [1.165, 1.54) is 22.7 Å². The lowest BCUT2D eigenvalue weighted by atomic mass is 10.2. The van der Waals surface area contributed by atoms with Crippen molar-refractivity contribution in [3.8, 4) is 0 Å². The summed E-state index contributed by atoms with van der Waals surface area (Å²) in [6.07, 6.45) is 1.19. The van der Waals surface area contributed by atoms with Gasteiger partial charge in [0.2, 0.25) is 10.3 Å². The van der Waals surface area contributed by atoms with E-state index in [1.807, 2.05) is 36.4 Å². The van der Waals surface area contributed by atoms with Crippen molar-refractivity contribution in [2.75, 3.05) is 37.1 Å². The molecule has 0 unspecified atom stereocenters. The van der Waals surface area contributed by atoms with Gasteiger partial charge in [0.05, 0.1) is 37.6 Å². The molecule has 38 heavy (non-hydrogen) atoms. The average Bonchev–Trinajstić information content (AvgIpc) is 3.55. The number of nitrogens with zero attached hydrogens (tertiary/aromatic N) is 4. The molecule has 14 heteroatoms. The van der Waals surface area contributed by atoms with Crippen LogP contribution in [0, 0.1) is 7.14 Å². The van der Waals surface area contributed by atoms with Gasteiger partial charge in [0.1, 0.15) is 10.0 Å². The van der Waals surface area contributed by atoms with Gasteiger partial charge in [-0.3, -0.25) is 20.2 Å². The van der Waals surface area contributed by atoms with Crippen LogP contribution < -0.4 is 10.6 Å². The SMILES string of the molecule is O=C(Nc1nnc(CCOCCOCCc2nnc(NC(=O)c3ccccc3I)s2)s1)c1ccccc1I. The monoisotopic (exact) mass is 776 g/mol. The minimum Gasteiger partial charge on any atom is -0.379 e. The van der Waals surface area contributed by atoms with Gasteiger partial charge in [0.15, 0.2) is 0 Å². The van der Waals surface area contributed by atoms with Crippen LogP contribution in [0.4, 0.5) is 10.3 Å². The number of nitrogens with one attached hydrogen (secondary N) is 2. The summed E-state index contributed by atoms with van der Waals surface area (Å²) in [7, 11) is 0. The summed E-state index contributed by atoms with van der Waals surface area (Å²) in [5.41, 5.74) is 1.20. The van der Waals surface area contributed by atoms with Gasteiger partial charge >= 0.3 is 0 Å². The Morgan fingerprint density at radius 3 is 1.50 bits per heavy atom. The molecule has 10 nitrogen and oxygen atoms in total. The summed E-state index contributed by atoms with van der Waals surface area (Å²) in [5.74, 6) is -0.412. The molecule has 0 bridgehead atoms. The molecule has 4 aromatic rings. The third kappa shape index (κ3) is 8.70. The molecule has 0 aliphatic rings. The Bertz CT molecular complexity index is 1280. The predicted molar refractivity (Wildman–Crippen MR) is 163 cm³/mol. The molecule has 0 saturated heterocycles. The van der Waals surface area contributed by atoms with Gasteiger partial charge in [-0.05, 0) is 69.4 Å². The number of rotatable bonds is 13. The predicted octanol–water partition coefficient (Wildman–Crippen LogP) is 4.92. The molecule has 0 aliphatic carbocycles. The maximum Gasteiger partial charge on any atom is 0.258 e. The third-order valence-electron chi connectivity index (χ3n) is 4.90. The molecule has 4 rings (SSSR count). The van der Waals surface area contributed by atoms with Gasteiger partial charge in [-0.1, -0.05) is 46.9 Å². The van der Waals surface area contributed by atoms with Crippen molar-refractivity contribution < 1.29 is 19.1 Å². The van der Waals surface area contributed by atoms with Crippen LogP contribution >= 0.6 is 67.9 Å². The molecule has 2 aromatic carbocycles. The topological polar surface area (TPSA) is 128 Å². The summed E-state index contributed by atoms with van der Waals surface area (Å²) >= 11 is 6.92. The lowest BCUT2D eigenvalue weighted by molar-refractivity contribution is 0.0500. The molecule has 0 atom stereocenters. The average molecular weight is 776 g/mol. The smallest absolute Gasteiger partial charge is 0.258 e. The lowest BCUT2D eigenvalue weighted by Gasteiger charge is -2.04. The number of anilines is 2. The van der Waals surface area contributed by atoms with Crippen LogP contribution in [0.25, 0.3) is 0 Å². The van der Waals surface area contributed by atoms with Crippen molar-refractivity contribution in [1.82, 2.24) is 20.4 Å². The Labute approximate surface area is 254 Å². The van der Waals surface area contributed by atoms with Crippen molar-refractivity contribution in [2.24, 2.45) is 0 Å². The second-order valence-corrected chi connectivity index (χ2v) is 12.0. The molecule has 2 aromatic heterocycles. The lowest BCUT2D eigenvalue weighted by Crippen LogP contribution is -2.13. The normalized spacial score (nSPS) is 10.9. The van der Waals surface area contributed by atoms with Crippen LogP contribution in [0.15, 0.2) is 48.5 Å². The van der Waals surface area contributed by atoms with E-state index in [2.05, 4.69) is 76.2 Å². The van der Waals surface area contributed by atoms with E-state index in [9.17, 15) is 9.59 Å². The maximum absolute atomic E-state index is 12.4. The Morgan fingerprint density at radius 2 is 1.08 bits per heavy atom. The van der Waals surface area contributed by atoms with Gasteiger partial charge in [-0.25, -0.2) is 0 Å². The molecular formula is C24H22I2N6O4S2. The zero-order chi connectivity index (χ0) is 26.7. The van der Waals surface area contributed by atoms with Gasteiger partial charge in [-0.15, -0.1) is 20.4 Å². The van der Waals surface area contributed by atoms with E-state index in [0.29, 0.717) is 60.7 Å². The number of ether oxygens (including phenoxy) is 2. The summed E-state index contributed by atoms with van der Waals surface area (Å²) < 4.78 is 13.0. The third-order valence-corrected chi connectivity index (χ3v) is 8.58. The minimum atomic E-state index is -0.206. The summed E-state index contributed by atoms with van der Waals surface area (Å²) in [5, 5.41) is 24.4. The van der Waals surface area contributed by atoms with Crippen molar-refractivity contribution in [2.45, 2.75) is 12.8 Å². The first-order valence-electron chi connectivity index (χ1n) is 11.4. The van der Waals surface area contributed by atoms with Crippen LogP contribution in [0.1, 0.15) is 30.7 Å². The quantitative estimate of drug-likeness (QED) is 0.145. The summed E-state index contributed by atoms with van der Waals surface area (Å²) in [6, 6.07) is 14.7. The number of amides is 2. The highest BCUT2D eigenvalue weighted by Crippen LogP contribution is 2.20. The molecule has 2 amide bonds. The molecule has 2 N–H and O–H groups in total. The van der Waals surface area contributed by atoms with Gasteiger partial charge < -0.3 is 9.47 Å². The first-order valence-corrected chi connectivity index (χ1v) is 15.2. The fraction of sp³-hybridized carbons (Fsp3) is 0.250. The highest BCUT2D eigenvalue weighted by atomic mass is 127. The molecule has 0 aliphatic heterocycles. The second-order valence-electron chi connectivity index (χ2n) is 7.59. The molecule has 2 heterocycles. The second kappa shape index (κ2) is 14.9. The number of benzene rings is 2. The molecule has 0 fully saturated rings. The Balaban J connectivity index is 1.07. The van der Waals surface area contributed by atoms with Crippen LogP contribution in [-0.2, 0) is 22.3 Å². The summed E-state index contributed by atoms with van der Waals surface area (Å²) in [4.78, 5) is 24.8. The van der Waals surface area contributed by atoms with E-state index < -0.39 is 0 Å². The van der Waals surface area contributed by atoms with E-state index in [0.717, 1.165) is 17.2 Å². The molecule has 198 valence electrons. The first kappa shape index (κ1) is 28.9. The molecule has 0 spiro atoms. The standard InChI is InChI=1S/C24H22I2N6O4S2/c25-17-7-3-1-5-15(17)21(33)27-23-31-29-19(37-23)9-11-35-13-14-36-12-10-20-30-32-24(38-20)28-22(34)16-6-2-4-8-18(16)26/h1-8H,9-14H2,(H,27,31,33)(H,28,32,34). The fourth-order valence-corrected chi connectivity index (χ4v) is 5.77. The van der Waals surface area contributed by atoms with Crippen LogP contribution in [0.2, 0.25) is 0 Å². The Hall–Kier alpha value is -2.12. The largest absolute Gasteiger partial charge is 0.379 e. The number of hydrogen-bond acceptors (Lipinski definition) is 10. The number of hydrogen-bond donors (Lipinski definition) is 2. The number of aromatic nitrogens is 4. The van der Waals surface area contributed by atoms with Crippen LogP contribution in [-0.4, -0.2) is 58.6 Å². The van der Waals surface area contributed by atoms with E-state index >= 15 is 0 Å². The highest BCUT2D eigenvalue weighted by molar-refractivity contribution is 14.1. The van der Waals surface area contributed by atoms with Crippen molar-refractivity contribution in [1.29, 1.82) is 0 Å². The van der Waals surface area contributed by atoms with Crippen molar-refractivity contribution >= 4 is 89.9 Å². The maximum atomic E-state index is 12.4. The molecule has 0 saturated carbocycles. The van der Waals surface area contributed by atoms with Crippen LogP contribution in [0.5, 0.6) is 0 Å². The summed E-state index contributed by atoms with van der Waals surface area (Å²) in [6.45, 7) is 1.84. The zero-order valence-corrected chi connectivity index (χ0v) is 25.8. The molecule has 0 radical (unpaired) electrons. The van der Waals surface area contributed by atoms with Gasteiger partial charge in [0, 0.05) is 20.0 Å². The van der Waals surface area contributed by atoms with E-state index in [4.69, 9.17) is 9.47 Å². The first-order chi connectivity index (χ1) is 18.5. The van der Waals surface area contributed by atoms with Crippen molar-refractivity contribution in [3.05, 3.63) is 76.8 Å².